The molecule has 7 heteroatoms. The first-order chi connectivity index (χ1) is 12.9. The number of rotatable bonds is 3. The van der Waals surface area contributed by atoms with Gasteiger partial charge in [0.15, 0.2) is 5.69 Å². The Hall–Kier alpha value is -2.70. The van der Waals surface area contributed by atoms with Gasteiger partial charge in [-0.25, -0.2) is 9.07 Å². The third-order valence-corrected chi connectivity index (χ3v) is 5.71. The predicted molar refractivity (Wildman–Crippen MR) is 96.4 cm³/mol. The number of nitrogens with zero attached hydrogens (tertiary/aromatic N) is 3. The molecule has 4 rings (SSSR count). The summed E-state index contributed by atoms with van der Waals surface area (Å²) in [6.07, 6.45) is 3.57. The quantitative estimate of drug-likeness (QED) is 0.900. The Labute approximate surface area is 156 Å². The van der Waals surface area contributed by atoms with E-state index < -0.39 is 11.4 Å². The molecule has 1 N–H and O–H groups in total. The zero-order valence-electron chi connectivity index (χ0n) is 15.2. The molecular formula is C20H22FN3O3. The van der Waals surface area contributed by atoms with Crippen molar-refractivity contribution in [3.63, 3.8) is 0 Å². The molecule has 2 heterocycles. The summed E-state index contributed by atoms with van der Waals surface area (Å²) < 4.78 is 15.8. The van der Waals surface area contributed by atoms with E-state index in [2.05, 4.69) is 5.10 Å². The lowest BCUT2D eigenvalue weighted by Crippen LogP contribution is -2.48. The summed E-state index contributed by atoms with van der Waals surface area (Å²) in [6.45, 7) is 2.36. The minimum absolute atomic E-state index is 0.169. The van der Waals surface area contributed by atoms with Crippen molar-refractivity contribution in [1.82, 2.24) is 14.7 Å². The fourth-order valence-electron chi connectivity index (χ4n) is 4.17. The zero-order valence-corrected chi connectivity index (χ0v) is 15.2. The highest BCUT2D eigenvalue weighted by molar-refractivity contribution is 5.95. The van der Waals surface area contributed by atoms with E-state index >= 15 is 0 Å². The number of benzene rings is 1. The average Bonchev–Trinajstić information content (AvgIpc) is 3.24. The zero-order chi connectivity index (χ0) is 19.2. The summed E-state index contributed by atoms with van der Waals surface area (Å²) in [7, 11) is 0. The van der Waals surface area contributed by atoms with Crippen LogP contribution in [0.4, 0.5) is 4.39 Å². The third-order valence-electron chi connectivity index (χ3n) is 5.71. The van der Waals surface area contributed by atoms with Crippen molar-refractivity contribution < 1.29 is 19.1 Å². The van der Waals surface area contributed by atoms with Gasteiger partial charge in [0.05, 0.1) is 5.41 Å². The van der Waals surface area contributed by atoms with Crippen molar-refractivity contribution in [2.45, 2.75) is 39.0 Å². The largest absolute Gasteiger partial charge is 0.481 e. The second kappa shape index (κ2) is 6.48. The second-order valence-electron chi connectivity index (χ2n) is 7.69. The van der Waals surface area contributed by atoms with Crippen LogP contribution >= 0.6 is 0 Å². The van der Waals surface area contributed by atoms with Crippen molar-refractivity contribution >= 4 is 11.9 Å². The fraction of sp³-hybridized carbons (Fsp3) is 0.450. The Balaban J connectivity index is 1.71. The van der Waals surface area contributed by atoms with Gasteiger partial charge in [0.1, 0.15) is 11.5 Å². The van der Waals surface area contributed by atoms with E-state index in [1.54, 1.807) is 34.7 Å². The Morgan fingerprint density at radius 1 is 1.22 bits per heavy atom. The number of hydrogen-bond donors (Lipinski definition) is 1. The Morgan fingerprint density at radius 3 is 2.74 bits per heavy atom. The predicted octanol–water partition coefficient (Wildman–Crippen LogP) is 2.83. The van der Waals surface area contributed by atoms with Crippen LogP contribution in [0.1, 0.15) is 47.9 Å². The highest BCUT2D eigenvalue weighted by Crippen LogP contribution is 2.33. The second-order valence-corrected chi connectivity index (χ2v) is 7.69. The van der Waals surface area contributed by atoms with Crippen molar-refractivity contribution in [2.75, 3.05) is 13.1 Å². The first-order valence-corrected chi connectivity index (χ1v) is 9.29. The highest BCUT2D eigenvalue weighted by Gasteiger charge is 2.41. The normalized spacial score (nSPS) is 21.9. The summed E-state index contributed by atoms with van der Waals surface area (Å²) >= 11 is 0. The van der Waals surface area contributed by atoms with E-state index in [9.17, 15) is 19.1 Å². The van der Waals surface area contributed by atoms with Gasteiger partial charge in [0.2, 0.25) is 0 Å². The van der Waals surface area contributed by atoms with Gasteiger partial charge in [-0.05, 0) is 51.2 Å². The molecule has 0 bridgehead atoms. The number of para-hydroxylation sites is 1. The molecule has 2 aliphatic rings. The van der Waals surface area contributed by atoms with Crippen LogP contribution < -0.4 is 0 Å². The van der Waals surface area contributed by atoms with Crippen LogP contribution in [0.25, 0.3) is 5.69 Å². The van der Waals surface area contributed by atoms with E-state index in [0.717, 1.165) is 30.5 Å². The summed E-state index contributed by atoms with van der Waals surface area (Å²) in [4.78, 5) is 26.3. The monoisotopic (exact) mass is 371 g/mol. The van der Waals surface area contributed by atoms with Crippen LogP contribution in [-0.4, -0.2) is 44.8 Å². The number of halogens is 1. The number of likely N-dealkylation sites (tertiary alicyclic amines) is 1. The molecule has 1 aromatic carbocycles. The molecule has 27 heavy (non-hydrogen) atoms. The smallest absolute Gasteiger partial charge is 0.311 e. The molecule has 2 aromatic rings. The van der Waals surface area contributed by atoms with Gasteiger partial charge in [-0.1, -0.05) is 12.1 Å². The van der Waals surface area contributed by atoms with Gasteiger partial charge in [0, 0.05) is 24.3 Å². The summed E-state index contributed by atoms with van der Waals surface area (Å²) in [5.41, 5.74) is 1.47. The van der Waals surface area contributed by atoms with Gasteiger partial charge >= 0.3 is 5.97 Å². The first-order valence-electron chi connectivity index (χ1n) is 9.29. The SMILES string of the molecule is CC1(C(=O)O)CCCN(C(=O)c2nn(-c3ccccc3F)c3c2CCC3)C1. The molecule has 1 aliphatic heterocycles. The number of piperidine rings is 1. The van der Waals surface area contributed by atoms with Gasteiger partial charge in [-0.15, -0.1) is 0 Å². The highest BCUT2D eigenvalue weighted by atomic mass is 19.1. The van der Waals surface area contributed by atoms with E-state index in [1.807, 2.05) is 0 Å². The molecule has 0 saturated carbocycles. The molecule has 142 valence electrons. The molecular weight excluding hydrogens is 349 g/mol. The molecule has 1 saturated heterocycles. The van der Waals surface area contributed by atoms with Crippen LogP contribution in [0, 0.1) is 11.2 Å². The number of hydrogen-bond acceptors (Lipinski definition) is 3. The van der Waals surface area contributed by atoms with E-state index in [0.29, 0.717) is 30.8 Å². The summed E-state index contributed by atoms with van der Waals surface area (Å²) in [6, 6.07) is 6.39. The molecule has 1 atom stereocenters. The van der Waals surface area contributed by atoms with Gasteiger partial charge in [-0.2, -0.15) is 5.10 Å². The van der Waals surface area contributed by atoms with E-state index in [-0.39, 0.29) is 18.3 Å². The Morgan fingerprint density at radius 2 is 2.00 bits per heavy atom. The number of carboxylic acid groups (broad SMARTS) is 1. The number of carbonyl (C=O) groups excluding carboxylic acids is 1. The number of aromatic nitrogens is 2. The summed E-state index contributed by atoms with van der Waals surface area (Å²) in [5.74, 6) is -1.53. The molecule has 0 radical (unpaired) electrons. The standard InChI is InChI=1S/C20H22FN3O3/c1-20(19(26)27)10-5-11-23(12-20)18(25)17-13-6-4-9-15(13)24(22-17)16-8-3-2-7-14(16)21/h2-3,7-8H,4-6,9-12H2,1H3,(H,26,27). The van der Waals surface area contributed by atoms with Gasteiger partial charge in [0.25, 0.3) is 5.91 Å². The Kier molecular flexibility index (Phi) is 4.25. The maximum absolute atomic E-state index is 14.3. The first kappa shape index (κ1) is 17.7. The molecule has 1 aromatic heterocycles. The molecule has 0 spiro atoms. The third kappa shape index (κ3) is 2.91. The van der Waals surface area contributed by atoms with Crippen molar-refractivity contribution in [3.05, 3.63) is 47.0 Å². The molecule has 1 amide bonds. The average molecular weight is 371 g/mol. The van der Waals surface area contributed by atoms with Crippen LogP contribution in [0.5, 0.6) is 0 Å². The number of carboxylic acids is 1. The van der Waals surface area contributed by atoms with E-state index in [4.69, 9.17) is 0 Å². The Bertz CT molecular complexity index is 923. The van der Waals surface area contributed by atoms with Crippen LogP contribution in [-0.2, 0) is 17.6 Å². The number of fused-ring (bicyclic) bond motifs is 1. The van der Waals surface area contributed by atoms with Crippen molar-refractivity contribution in [2.24, 2.45) is 5.41 Å². The number of aliphatic carboxylic acids is 1. The number of amides is 1. The minimum Gasteiger partial charge on any atom is -0.481 e. The maximum Gasteiger partial charge on any atom is 0.311 e. The van der Waals surface area contributed by atoms with Gasteiger partial charge in [-0.3, -0.25) is 9.59 Å². The minimum atomic E-state index is -0.939. The number of carbonyl (C=O) groups is 2. The lowest BCUT2D eigenvalue weighted by atomic mass is 9.82. The van der Waals surface area contributed by atoms with Gasteiger partial charge < -0.3 is 10.0 Å². The molecule has 6 nitrogen and oxygen atoms in total. The fourth-order valence-corrected chi connectivity index (χ4v) is 4.17. The van der Waals surface area contributed by atoms with Crippen LogP contribution in [0.15, 0.2) is 24.3 Å². The van der Waals surface area contributed by atoms with Crippen molar-refractivity contribution in [1.29, 1.82) is 0 Å². The van der Waals surface area contributed by atoms with Crippen molar-refractivity contribution in [3.8, 4) is 5.69 Å². The van der Waals surface area contributed by atoms with E-state index in [1.165, 1.54) is 6.07 Å². The lowest BCUT2D eigenvalue weighted by molar-refractivity contribution is -0.150. The summed E-state index contributed by atoms with van der Waals surface area (Å²) in [5, 5.41) is 14.0. The molecule has 1 fully saturated rings. The van der Waals surface area contributed by atoms with Crippen LogP contribution in [0.3, 0.4) is 0 Å². The lowest BCUT2D eigenvalue weighted by Gasteiger charge is -2.37. The molecule has 1 unspecified atom stereocenters. The topological polar surface area (TPSA) is 75.4 Å². The molecule has 1 aliphatic carbocycles. The van der Waals surface area contributed by atoms with Crippen LogP contribution in [0.2, 0.25) is 0 Å². The maximum atomic E-state index is 14.3.